The van der Waals surface area contributed by atoms with Crippen molar-refractivity contribution < 1.29 is 23.2 Å². The number of hydrogen-bond donors (Lipinski definition) is 1. The van der Waals surface area contributed by atoms with Gasteiger partial charge >= 0.3 is 0 Å². The smallest absolute Gasteiger partial charge is 0.232 e. The van der Waals surface area contributed by atoms with Crippen molar-refractivity contribution in [2.45, 2.75) is 24.7 Å². The standard InChI is InChI=1S/C28H30N2O2/c29-27(31)28(23-7-3-1-4-8-23,24-9-5-2-6-10-24)25-14-17-30(20-25)16-13-21-11-12-26-22(19-21)15-18-32-26/h1-12,19,25H,13-18,20H2,(H2,29,31)/t25-/m1/s1/i1D,2D,3D,4D,5D,6D,7D,8D,9D,10D. The quantitative estimate of drug-likeness (QED) is 0.610. The van der Waals surface area contributed by atoms with E-state index in [-0.39, 0.29) is 13.0 Å². The highest BCUT2D eigenvalue weighted by Gasteiger charge is 2.49. The number of carbonyl (C=O) groups is 1. The van der Waals surface area contributed by atoms with Gasteiger partial charge in [-0.25, -0.2) is 0 Å². The summed E-state index contributed by atoms with van der Waals surface area (Å²) in [6.07, 6.45) is 1.78. The van der Waals surface area contributed by atoms with Crippen LogP contribution in [0.15, 0.2) is 78.6 Å². The normalized spacial score (nSPS) is 22.7. The van der Waals surface area contributed by atoms with E-state index in [9.17, 15) is 4.79 Å². The molecule has 1 saturated heterocycles. The zero-order valence-electron chi connectivity index (χ0n) is 27.6. The Morgan fingerprint density at radius 3 is 2.44 bits per heavy atom. The fraction of sp³-hybridized carbons (Fsp3) is 0.321. The molecule has 0 unspecified atom stereocenters. The van der Waals surface area contributed by atoms with Gasteiger partial charge in [0.1, 0.15) is 11.2 Å². The lowest BCUT2D eigenvalue weighted by atomic mass is 9.64. The molecule has 0 aromatic heterocycles. The number of nitrogens with zero attached hydrogens (tertiary/aromatic N) is 1. The number of ether oxygens (including phenoxy) is 1. The van der Waals surface area contributed by atoms with Gasteiger partial charge in [0.15, 0.2) is 0 Å². The maximum Gasteiger partial charge on any atom is 0.232 e. The molecule has 2 aliphatic rings. The van der Waals surface area contributed by atoms with Crippen LogP contribution in [-0.2, 0) is 23.1 Å². The predicted octanol–water partition coefficient (Wildman–Crippen LogP) is 3.96. The lowest BCUT2D eigenvalue weighted by Crippen LogP contribution is -2.49. The van der Waals surface area contributed by atoms with Crippen molar-refractivity contribution in [3.05, 3.63) is 101 Å². The number of rotatable bonds is 7. The van der Waals surface area contributed by atoms with Crippen molar-refractivity contribution in [1.29, 1.82) is 0 Å². The highest BCUT2D eigenvalue weighted by molar-refractivity contribution is 5.91. The van der Waals surface area contributed by atoms with Crippen LogP contribution >= 0.6 is 0 Å². The maximum atomic E-state index is 13.7. The monoisotopic (exact) mass is 436 g/mol. The highest BCUT2D eigenvalue weighted by Crippen LogP contribution is 2.43. The van der Waals surface area contributed by atoms with Crippen molar-refractivity contribution >= 4 is 5.91 Å². The van der Waals surface area contributed by atoms with Crippen LogP contribution < -0.4 is 10.5 Å². The Hall–Kier alpha value is -3.11. The van der Waals surface area contributed by atoms with Gasteiger partial charge in [-0.15, -0.1) is 0 Å². The van der Waals surface area contributed by atoms with Crippen LogP contribution in [0.5, 0.6) is 5.75 Å². The van der Waals surface area contributed by atoms with Crippen LogP contribution in [0.2, 0.25) is 0 Å². The van der Waals surface area contributed by atoms with Gasteiger partial charge in [0.25, 0.3) is 0 Å². The first-order chi connectivity index (χ1) is 19.8. The number of amides is 1. The molecule has 164 valence electrons. The van der Waals surface area contributed by atoms with E-state index in [2.05, 4.69) is 11.0 Å². The van der Waals surface area contributed by atoms with Crippen LogP contribution in [0.25, 0.3) is 0 Å². The summed E-state index contributed by atoms with van der Waals surface area (Å²) < 4.78 is 89.8. The number of nitrogens with two attached hydrogens (primary N) is 1. The van der Waals surface area contributed by atoms with Gasteiger partial charge in [0.2, 0.25) is 5.91 Å². The summed E-state index contributed by atoms with van der Waals surface area (Å²) in [5, 5.41) is 0. The molecule has 0 saturated carbocycles. The molecule has 4 nitrogen and oxygen atoms in total. The predicted molar refractivity (Wildman–Crippen MR) is 127 cm³/mol. The second-order valence-electron chi connectivity index (χ2n) is 8.25. The molecule has 2 heterocycles. The molecular formula is C28H30N2O2. The van der Waals surface area contributed by atoms with Crippen molar-refractivity contribution in [3.8, 4) is 5.75 Å². The Balaban J connectivity index is 1.65. The molecule has 0 radical (unpaired) electrons. The maximum absolute atomic E-state index is 13.7. The Morgan fingerprint density at radius 2 is 1.78 bits per heavy atom. The molecule has 2 aliphatic heterocycles. The van der Waals surface area contributed by atoms with E-state index in [0.29, 0.717) is 26.1 Å². The van der Waals surface area contributed by atoms with Gasteiger partial charge in [-0.1, -0.05) is 72.6 Å². The summed E-state index contributed by atoms with van der Waals surface area (Å²) in [5.74, 6) is -1.12. The molecule has 32 heavy (non-hydrogen) atoms. The molecule has 2 N–H and O–H groups in total. The zero-order chi connectivity index (χ0) is 30.7. The summed E-state index contributed by atoms with van der Waals surface area (Å²) >= 11 is 0. The summed E-state index contributed by atoms with van der Waals surface area (Å²) in [7, 11) is 0. The van der Waals surface area contributed by atoms with Gasteiger partial charge in [-0.05, 0) is 53.6 Å². The molecule has 1 fully saturated rings. The van der Waals surface area contributed by atoms with Crippen LogP contribution in [0.3, 0.4) is 0 Å². The third-order valence-electron chi connectivity index (χ3n) is 6.53. The Kier molecular flexibility index (Phi) is 3.36. The topological polar surface area (TPSA) is 55.6 Å². The van der Waals surface area contributed by atoms with Crippen LogP contribution in [0, 0.1) is 5.92 Å². The van der Waals surface area contributed by atoms with Gasteiger partial charge in [0.05, 0.1) is 20.3 Å². The van der Waals surface area contributed by atoms with Crippen LogP contribution in [0.4, 0.5) is 0 Å². The number of hydrogen-bond acceptors (Lipinski definition) is 3. The van der Waals surface area contributed by atoms with Crippen LogP contribution in [-0.4, -0.2) is 37.0 Å². The Bertz CT molecular complexity index is 1480. The molecule has 5 rings (SSSR count). The molecule has 0 aliphatic carbocycles. The van der Waals surface area contributed by atoms with Crippen molar-refractivity contribution in [1.82, 2.24) is 4.90 Å². The van der Waals surface area contributed by atoms with E-state index in [1.54, 1.807) is 0 Å². The molecular weight excluding hydrogens is 396 g/mol. The van der Waals surface area contributed by atoms with E-state index in [1.165, 1.54) is 0 Å². The molecule has 0 bridgehead atoms. The third-order valence-corrected chi connectivity index (χ3v) is 6.53. The fourth-order valence-electron chi connectivity index (χ4n) is 4.95. The third kappa shape index (κ3) is 3.69. The number of benzene rings is 3. The minimum atomic E-state index is -2.30. The van der Waals surface area contributed by atoms with Crippen molar-refractivity contribution in [2.75, 3.05) is 26.2 Å². The van der Waals surface area contributed by atoms with E-state index >= 15 is 0 Å². The number of carbonyl (C=O) groups excluding carboxylic acids is 1. The van der Waals surface area contributed by atoms with Crippen molar-refractivity contribution in [2.24, 2.45) is 11.7 Å². The lowest BCUT2D eigenvalue weighted by Gasteiger charge is -2.37. The number of fused-ring (bicyclic) bond motifs is 1. The molecule has 4 heteroatoms. The SMILES string of the molecule is [2H]c1c([2H])c([2H])c(C(C(N)=O)(c2c([2H])c([2H])c([2H])c([2H])c2[2H])[C@@H]2CCN(CCc3ccc4c(c3)CCO4)C2)c([2H])c1[2H]. The first kappa shape index (κ1) is 12.2. The van der Waals surface area contributed by atoms with E-state index in [0.717, 1.165) is 23.3 Å². The van der Waals surface area contributed by atoms with Gasteiger partial charge in [0, 0.05) is 19.5 Å². The number of likely N-dealkylation sites (tertiary alicyclic amines) is 1. The molecule has 3 aromatic carbocycles. The molecule has 1 amide bonds. The summed E-state index contributed by atoms with van der Waals surface area (Å²) in [6, 6.07) is -0.973. The average Bonchev–Trinajstić information content (AvgIpc) is 3.64. The minimum absolute atomic E-state index is 0.182. The van der Waals surface area contributed by atoms with Gasteiger partial charge in [-0.3, -0.25) is 4.79 Å². The van der Waals surface area contributed by atoms with Crippen molar-refractivity contribution in [3.63, 3.8) is 0 Å². The van der Waals surface area contributed by atoms with E-state index < -0.39 is 88.8 Å². The summed E-state index contributed by atoms with van der Waals surface area (Å²) in [4.78, 5) is 15.8. The second kappa shape index (κ2) is 8.79. The first-order valence-corrected chi connectivity index (χ1v) is 10.7. The first-order valence-electron chi connectivity index (χ1n) is 15.7. The zero-order valence-corrected chi connectivity index (χ0v) is 17.6. The molecule has 1 atom stereocenters. The fourth-order valence-corrected chi connectivity index (χ4v) is 4.95. The Labute approximate surface area is 204 Å². The average molecular weight is 437 g/mol. The van der Waals surface area contributed by atoms with Crippen LogP contribution in [0.1, 0.15) is 42.4 Å². The summed E-state index contributed by atoms with van der Waals surface area (Å²) in [6.45, 7) is 1.87. The molecule has 3 aromatic rings. The van der Waals surface area contributed by atoms with Gasteiger partial charge < -0.3 is 15.4 Å². The lowest BCUT2D eigenvalue weighted by molar-refractivity contribution is -0.123. The van der Waals surface area contributed by atoms with Gasteiger partial charge in [-0.2, -0.15) is 0 Å². The van der Waals surface area contributed by atoms with E-state index in [4.69, 9.17) is 24.2 Å². The largest absolute Gasteiger partial charge is 0.493 e. The molecule has 0 spiro atoms. The Morgan fingerprint density at radius 1 is 1.09 bits per heavy atom. The number of primary amides is 1. The minimum Gasteiger partial charge on any atom is -0.493 e. The highest BCUT2D eigenvalue weighted by atomic mass is 16.5. The summed E-state index contributed by atoms with van der Waals surface area (Å²) in [5.41, 5.74) is 5.06. The van der Waals surface area contributed by atoms with E-state index in [1.807, 2.05) is 12.1 Å². The second-order valence-corrected chi connectivity index (χ2v) is 8.25.